The number of halogens is 4. The van der Waals surface area contributed by atoms with Crippen LogP contribution in [0.5, 0.6) is 0 Å². The molecule has 1 rings (SSSR count). The summed E-state index contributed by atoms with van der Waals surface area (Å²) in [6.45, 7) is 2.48. The highest BCUT2D eigenvalue weighted by Crippen LogP contribution is 2.36. The Morgan fingerprint density at radius 1 is 1.04 bits per heavy atom. The Bertz CT molecular complexity index is 592. The zero-order chi connectivity index (χ0) is 18.9. The molecule has 0 aliphatic carbocycles. The highest BCUT2D eigenvalue weighted by atomic mass is 35.5. The van der Waals surface area contributed by atoms with Gasteiger partial charge in [0.2, 0.25) is 0 Å². The molecule has 0 saturated carbocycles. The minimum atomic E-state index is -4.64. The Balaban J connectivity index is 2.44. The van der Waals surface area contributed by atoms with Crippen LogP contribution in [0.15, 0.2) is 18.2 Å². The van der Waals surface area contributed by atoms with Crippen molar-refractivity contribution in [1.82, 2.24) is 5.32 Å². The molecule has 0 radical (unpaired) electrons. The van der Waals surface area contributed by atoms with E-state index in [4.69, 9.17) is 11.6 Å². The quantitative estimate of drug-likeness (QED) is 0.505. The van der Waals surface area contributed by atoms with Crippen molar-refractivity contribution in [3.05, 3.63) is 28.8 Å². The van der Waals surface area contributed by atoms with Gasteiger partial charge in [-0.3, -0.25) is 9.59 Å². The van der Waals surface area contributed by atoms with Crippen LogP contribution in [0.2, 0.25) is 5.02 Å². The largest absolute Gasteiger partial charge is 0.417 e. The van der Waals surface area contributed by atoms with E-state index in [0.29, 0.717) is 12.6 Å². The van der Waals surface area contributed by atoms with E-state index in [9.17, 15) is 22.8 Å². The number of alkyl halides is 3. The number of nitrogens with one attached hydrogen (secondary N) is 2. The van der Waals surface area contributed by atoms with Crippen molar-refractivity contribution in [3.63, 3.8) is 0 Å². The molecule has 4 nitrogen and oxygen atoms in total. The molecular weight excluding hydrogens is 357 g/mol. The Morgan fingerprint density at radius 2 is 1.68 bits per heavy atom. The van der Waals surface area contributed by atoms with Crippen LogP contribution in [0, 0.1) is 0 Å². The first-order chi connectivity index (χ1) is 11.8. The predicted octanol–water partition coefficient (Wildman–Crippen LogP) is 4.77. The van der Waals surface area contributed by atoms with Gasteiger partial charge < -0.3 is 10.6 Å². The lowest BCUT2D eigenvalue weighted by Crippen LogP contribution is -2.35. The van der Waals surface area contributed by atoms with E-state index in [-0.39, 0.29) is 5.69 Å². The van der Waals surface area contributed by atoms with E-state index in [0.717, 1.165) is 38.2 Å². The van der Waals surface area contributed by atoms with Gasteiger partial charge in [-0.25, -0.2) is 0 Å². The second-order valence-corrected chi connectivity index (χ2v) is 6.08. The third-order valence-electron chi connectivity index (χ3n) is 3.55. The SMILES string of the molecule is CCCCCCCCNC(=O)C(=O)Nc1ccc(Cl)c(C(F)(F)F)c1. The molecule has 2 amide bonds. The van der Waals surface area contributed by atoms with Gasteiger partial charge in [-0.2, -0.15) is 13.2 Å². The molecule has 140 valence electrons. The van der Waals surface area contributed by atoms with Gasteiger partial charge in [0, 0.05) is 12.2 Å². The molecule has 0 aromatic heterocycles. The molecule has 1 aromatic carbocycles. The van der Waals surface area contributed by atoms with Crippen molar-refractivity contribution in [3.8, 4) is 0 Å². The van der Waals surface area contributed by atoms with E-state index in [2.05, 4.69) is 17.6 Å². The number of hydrogen-bond acceptors (Lipinski definition) is 2. The normalized spacial score (nSPS) is 11.2. The van der Waals surface area contributed by atoms with Crippen molar-refractivity contribution in [1.29, 1.82) is 0 Å². The lowest BCUT2D eigenvalue weighted by atomic mass is 10.1. The number of carbonyl (C=O) groups excluding carboxylic acids is 2. The molecule has 0 bridgehead atoms. The van der Waals surface area contributed by atoms with Crippen LogP contribution in [0.4, 0.5) is 18.9 Å². The van der Waals surface area contributed by atoms with E-state index >= 15 is 0 Å². The summed E-state index contributed by atoms with van der Waals surface area (Å²) < 4.78 is 38.3. The first-order valence-electron chi connectivity index (χ1n) is 8.21. The van der Waals surface area contributed by atoms with Crippen molar-refractivity contribution in [2.45, 2.75) is 51.6 Å². The molecule has 0 aliphatic heterocycles. The minimum absolute atomic E-state index is 0.142. The standard InChI is InChI=1S/C17H22ClF3N2O2/c1-2-3-4-5-6-7-10-22-15(24)16(25)23-12-8-9-14(18)13(11-12)17(19,20)21/h8-9,11H,2-7,10H2,1H3,(H,22,24)(H,23,25). The van der Waals surface area contributed by atoms with Gasteiger partial charge in [0.1, 0.15) is 0 Å². The molecule has 0 unspecified atom stereocenters. The van der Waals surface area contributed by atoms with Crippen LogP contribution in [0.25, 0.3) is 0 Å². The summed E-state index contributed by atoms with van der Waals surface area (Å²) in [7, 11) is 0. The first kappa shape index (κ1) is 21.3. The lowest BCUT2D eigenvalue weighted by Gasteiger charge is -2.11. The van der Waals surface area contributed by atoms with Crippen molar-refractivity contribution in [2.75, 3.05) is 11.9 Å². The van der Waals surface area contributed by atoms with Gasteiger partial charge >= 0.3 is 18.0 Å². The van der Waals surface area contributed by atoms with Crippen molar-refractivity contribution in [2.24, 2.45) is 0 Å². The number of hydrogen-bond donors (Lipinski definition) is 2. The monoisotopic (exact) mass is 378 g/mol. The number of rotatable bonds is 8. The Morgan fingerprint density at radius 3 is 2.32 bits per heavy atom. The fraction of sp³-hybridized carbons (Fsp3) is 0.529. The molecule has 0 atom stereocenters. The van der Waals surface area contributed by atoms with Gasteiger partial charge in [0.25, 0.3) is 0 Å². The van der Waals surface area contributed by atoms with Crippen LogP contribution < -0.4 is 10.6 Å². The average Bonchev–Trinajstić information content (AvgIpc) is 2.54. The number of benzene rings is 1. The van der Waals surface area contributed by atoms with E-state index in [1.54, 1.807) is 0 Å². The summed E-state index contributed by atoms with van der Waals surface area (Å²) in [5.74, 6) is -1.89. The van der Waals surface area contributed by atoms with Gasteiger partial charge in [0.05, 0.1) is 10.6 Å². The number of unbranched alkanes of at least 4 members (excludes halogenated alkanes) is 5. The van der Waals surface area contributed by atoms with Gasteiger partial charge in [-0.15, -0.1) is 0 Å². The second kappa shape index (κ2) is 10.3. The zero-order valence-corrected chi connectivity index (χ0v) is 14.8. The van der Waals surface area contributed by atoms with Crippen LogP contribution in [0.3, 0.4) is 0 Å². The molecule has 1 aromatic rings. The molecule has 25 heavy (non-hydrogen) atoms. The van der Waals surface area contributed by atoms with E-state index in [1.165, 1.54) is 12.5 Å². The molecular formula is C17H22ClF3N2O2. The molecule has 2 N–H and O–H groups in total. The maximum Gasteiger partial charge on any atom is 0.417 e. The van der Waals surface area contributed by atoms with Gasteiger partial charge in [-0.05, 0) is 24.6 Å². The number of anilines is 1. The molecule has 8 heteroatoms. The van der Waals surface area contributed by atoms with Crippen molar-refractivity contribution >= 4 is 29.1 Å². The highest BCUT2D eigenvalue weighted by Gasteiger charge is 2.33. The fourth-order valence-corrected chi connectivity index (χ4v) is 2.42. The third-order valence-corrected chi connectivity index (χ3v) is 3.88. The first-order valence-corrected chi connectivity index (χ1v) is 8.59. The highest BCUT2D eigenvalue weighted by molar-refractivity contribution is 6.39. The van der Waals surface area contributed by atoms with Gasteiger partial charge in [0.15, 0.2) is 0 Å². The Hall–Kier alpha value is -1.76. The summed E-state index contributed by atoms with van der Waals surface area (Å²) in [5.41, 5.74) is -1.21. The summed E-state index contributed by atoms with van der Waals surface area (Å²) in [6, 6.07) is 2.92. The second-order valence-electron chi connectivity index (χ2n) is 5.67. The minimum Gasteiger partial charge on any atom is -0.348 e. The zero-order valence-electron chi connectivity index (χ0n) is 14.0. The summed E-state index contributed by atoms with van der Waals surface area (Å²) in [5, 5.41) is 4.12. The van der Waals surface area contributed by atoms with Crippen molar-refractivity contribution < 1.29 is 22.8 Å². The number of amides is 2. The van der Waals surface area contributed by atoms with E-state index in [1.807, 2.05) is 0 Å². The Kier molecular flexibility index (Phi) is 8.75. The lowest BCUT2D eigenvalue weighted by molar-refractivity contribution is -0.137. The topological polar surface area (TPSA) is 58.2 Å². The van der Waals surface area contributed by atoms with Crippen LogP contribution in [-0.2, 0) is 15.8 Å². The molecule has 0 heterocycles. The molecule has 0 spiro atoms. The van der Waals surface area contributed by atoms with Crippen LogP contribution in [0.1, 0.15) is 51.0 Å². The summed E-state index contributed by atoms with van der Waals surface area (Å²) in [4.78, 5) is 23.4. The molecule has 0 saturated heterocycles. The average molecular weight is 379 g/mol. The molecule has 0 fully saturated rings. The Labute approximate surface area is 150 Å². The number of carbonyl (C=O) groups is 2. The maximum absolute atomic E-state index is 12.8. The van der Waals surface area contributed by atoms with E-state index < -0.39 is 28.6 Å². The van der Waals surface area contributed by atoms with Gasteiger partial charge in [-0.1, -0.05) is 50.6 Å². The summed E-state index contributed by atoms with van der Waals surface area (Å²) in [6.07, 6.45) is 1.60. The van der Waals surface area contributed by atoms with Crippen LogP contribution >= 0.6 is 11.6 Å². The predicted molar refractivity (Wildman–Crippen MR) is 91.5 cm³/mol. The summed E-state index contributed by atoms with van der Waals surface area (Å²) >= 11 is 5.50. The fourth-order valence-electron chi connectivity index (χ4n) is 2.20. The molecule has 0 aliphatic rings. The maximum atomic E-state index is 12.8. The third kappa shape index (κ3) is 7.77. The van der Waals surface area contributed by atoms with Crippen LogP contribution in [-0.4, -0.2) is 18.4 Å². The smallest absolute Gasteiger partial charge is 0.348 e.